The number of benzene rings is 1. The van der Waals surface area contributed by atoms with Crippen molar-refractivity contribution in [2.75, 3.05) is 5.32 Å². The zero-order valence-electron chi connectivity index (χ0n) is 10.5. The van der Waals surface area contributed by atoms with Gasteiger partial charge in [-0.05, 0) is 24.3 Å². The van der Waals surface area contributed by atoms with Crippen LogP contribution >= 0.6 is 27.3 Å². The minimum atomic E-state index is -4.40. The molecule has 1 aromatic heterocycles. The Bertz CT molecular complexity index is 670. The maximum atomic E-state index is 12.7. The summed E-state index contributed by atoms with van der Waals surface area (Å²) in [5, 5.41) is 4.51. The summed E-state index contributed by atoms with van der Waals surface area (Å²) >= 11 is 4.37. The van der Waals surface area contributed by atoms with Crippen LogP contribution in [0.3, 0.4) is 0 Å². The third-order valence-electron chi connectivity index (χ3n) is 2.63. The van der Waals surface area contributed by atoms with E-state index in [4.69, 9.17) is 5.73 Å². The molecule has 0 atom stereocenters. The highest BCUT2D eigenvalue weighted by Crippen LogP contribution is 2.33. The summed E-state index contributed by atoms with van der Waals surface area (Å²) in [4.78, 5) is 11.8. The van der Waals surface area contributed by atoms with Crippen LogP contribution in [0.25, 0.3) is 0 Å². The molecule has 3 N–H and O–H groups in total. The molecule has 1 amide bonds. The van der Waals surface area contributed by atoms with Gasteiger partial charge in [0.05, 0.1) is 11.1 Å². The number of carbonyl (C=O) groups is 1. The number of alkyl halides is 3. The fourth-order valence-corrected chi connectivity index (χ4v) is 2.95. The minimum absolute atomic E-state index is 0.311. The van der Waals surface area contributed by atoms with Gasteiger partial charge >= 0.3 is 6.18 Å². The lowest BCUT2D eigenvalue weighted by atomic mass is 10.2. The number of carbonyl (C=O) groups excluding carboxylic acids is 1. The number of halogens is 4. The van der Waals surface area contributed by atoms with Gasteiger partial charge in [0.25, 0.3) is 0 Å². The molecule has 0 aliphatic heterocycles. The Balaban J connectivity index is 2.12. The van der Waals surface area contributed by atoms with E-state index in [1.165, 1.54) is 11.3 Å². The van der Waals surface area contributed by atoms with E-state index in [1.807, 2.05) is 0 Å². The molecule has 112 valence electrons. The molecule has 2 aromatic rings. The predicted octanol–water partition coefficient (Wildman–Crippen LogP) is 4.24. The predicted molar refractivity (Wildman–Crippen MR) is 79.3 cm³/mol. The van der Waals surface area contributed by atoms with Crippen molar-refractivity contribution in [1.82, 2.24) is 0 Å². The number of primary amides is 1. The second-order valence-corrected chi connectivity index (χ2v) is 6.16. The second kappa shape index (κ2) is 6.07. The lowest BCUT2D eigenvalue weighted by molar-refractivity contribution is -0.137. The van der Waals surface area contributed by atoms with Crippen LogP contribution < -0.4 is 11.1 Å². The maximum absolute atomic E-state index is 12.7. The molecule has 0 aliphatic rings. The molecule has 3 nitrogen and oxygen atoms in total. The topological polar surface area (TPSA) is 55.1 Å². The molecule has 0 fully saturated rings. The van der Waals surface area contributed by atoms with E-state index in [0.29, 0.717) is 22.3 Å². The number of hydrogen-bond acceptors (Lipinski definition) is 3. The molecular weight excluding hydrogens is 369 g/mol. The van der Waals surface area contributed by atoms with Crippen molar-refractivity contribution in [3.05, 3.63) is 50.1 Å². The highest BCUT2D eigenvalue weighted by molar-refractivity contribution is 9.10. The quantitative estimate of drug-likeness (QED) is 0.835. The molecule has 1 heterocycles. The second-order valence-electron chi connectivity index (χ2n) is 4.25. The van der Waals surface area contributed by atoms with Crippen LogP contribution in [-0.4, -0.2) is 5.91 Å². The zero-order chi connectivity index (χ0) is 15.6. The number of nitrogens with two attached hydrogens (primary N) is 1. The van der Waals surface area contributed by atoms with Crippen molar-refractivity contribution in [1.29, 1.82) is 0 Å². The zero-order valence-corrected chi connectivity index (χ0v) is 12.9. The van der Waals surface area contributed by atoms with Gasteiger partial charge in [0.15, 0.2) is 0 Å². The van der Waals surface area contributed by atoms with Gasteiger partial charge in [0, 0.05) is 27.0 Å². The fraction of sp³-hybridized carbons (Fsp3) is 0.154. The van der Waals surface area contributed by atoms with Gasteiger partial charge in [-0.1, -0.05) is 15.9 Å². The van der Waals surface area contributed by atoms with E-state index in [0.717, 1.165) is 17.0 Å². The van der Waals surface area contributed by atoms with Crippen LogP contribution in [0.4, 0.5) is 18.9 Å². The first-order chi connectivity index (χ1) is 9.75. The normalized spacial score (nSPS) is 11.4. The molecule has 0 aliphatic carbocycles. The summed E-state index contributed by atoms with van der Waals surface area (Å²) < 4.78 is 38.5. The van der Waals surface area contributed by atoms with Crippen LogP contribution in [0.15, 0.2) is 34.1 Å². The molecule has 1 aromatic carbocycles. The number of thiophene rings is 1. The van der Waals surface area contributed by atoms with Crippen LogP contribution in [-0.2, 0) is 12.7 Å². The Labute approximate surface area is 131 Å². The molecule has 21 heavy (non-hydrogen) atoms. The molecule has 0 saturated carbocycles. The average molecular weight is 379 g/mol. The molecule has 0 radical (unpaired) electrons. The summed E-state index contributed by atoms with van der Waals surface area (Å²) in [6.45, 7) is 0.311. The van der Waals surface area contributed by atoms with Gasteiger partial charge in [-0.25, -0.2) is 0 Å². The first-order valence-electron chi connectivity index (χ1n) is 5.74. The SMILES string of the molecule is NC(=O)c1csc(CNc2cc(Br)cc(C(F)(F)F)c2)c1. The van der Waals surface area contributed by atoms with Crippen molar-refractivity contribution in [3.63, 3.8) is 0 Å². The van der Waals surface area contributed by atoms with E-state index in [9.17, 15) is 18.0 Å². The van der Waals surface area contributed by atoms with E-state index in [2.05, 4.69) is 21.2 Å². The molecule has 0 unspecified atom stereocenters. The highest BCUT2D eigenvalue weighted by atomic mass is 79.9. The number of amides is 1. The average Bonchev–Trinajstić information content (AvgIpc) is 2.83. The fourth-order valence-electron chi connectivity index (χ4n) is 1.65. The first-order valence-corrected chi connectivity index (χ1v) is 7.42. The molecule has 8 heteroatoms. The third-order valence-corrected chi connectivity index (χ3v) is 4.02. The van der Waals surface area contributed by atoms with Crippen LogP contribution in [0.2, 0.25) is 0 Å². The Kier molecular flexibility index (Phi) is 4.58. The molecule has 0 spiro atoms. The van der Waals surface area contributed by atoms with E-state index in [1.54, 1.807) is 17.5 Å². The van der Waals surface area contributed by atoms with Gasteiger partial charge in [0.2, 0.25) is 5.91 Å². The van der Waals surface area contributed by atoms with E-state index < -0.39 is 17.6 Å². The Morgan fingerprint density at radius 3 is 2.57 bits per heavy atom. The van der Waals surface area contributed by atoms with Gasteiger partial charge < -0.3 is 11.1 Å². The molecular formula is C13H10BrF3N2OS. The largest absolute Gasteiger partial charge is 0.416 e. The summed E-state index contributed by atoms with van der Waals surface area (Å²) in [6, 6.07) is 5.22. The summed E-state index contributed by atoms with van der Waals surface area (Å²) in [5.74, 6) is -0.528. The summed E-state index contributed by atoms with van der Waals surface area (Å²) in [5.41, 5.74) is 5.13. The summed E-state index contributed by atoms with van der Waals surface area (Å²) in [6.07, 6.45) is -4.40. The van der Waals surface area contributed by atoms with Gasteiger partial charge in [0.1, 0.15) is 0 Å². The van der Waals surface area contributed by atoms with Crippen molar-refractivity contribution in [3.8, 4) is 0 Å². The van der Waals surface area contributed by atoms with Gasteiger partial charge in [-0.2, -0.15) is 13.2 Å². The number of rotatable bonds is 4. The molecule has 0 bridgehead atoms. The first kappa shape index (κ1) is 15.8. The number of hydrogen-bond donors (Lipinski definition) is 2. The minimum Gasteiger partial charge on any atom is -0.380 e. The summed E-state index contributed by atoms with van der Waals surface area (Å²) in [7, 11) is 0. The van der Waals surface area contributed by atoms with E-state index >= 15 is 0 Å². The lowest BCUT2D eigenvalue weighted by Gasteiger charge is -2.11. The van der Waals surface area contributed by atoms with Crippen molar-refractivity contribution < 1.29 is 18.0 Å². The van der Waals surface area contributed by atoms with Crippen molar-refractivity contribution >= 4 is 38.9 Å². The Morgan fingerprint density at radius 1 is 1.29 bits per heavy atom. The van der Waals surface area contributed by atoms with Crippen LogP contribution in [0, 0.1) is 0 Å². The number of nitrogens with one attached hydrogen (secondary N) is 1. The monoisotopic (exact) mass is 378 g/mol. The standard InChI is InChI=1S/C13H10BrF3N2OS/c14-9-2-8(13(15,16)17)3-10(4-9)19-5-11-1-7(6-21-11)12(18)20/h1-4,6,19H,5H2,(H2,18,20). The van der Waals surface area contributed by atoms with Crippen LogP contribution in [0.1, 0.15) is 20.8 Å². The Hall–Kier alpha value is -1.54. The maximum Gasteiger partial charge on any atom is 0.416 e. The molecule has 0 saturated heterocycles. The third kappa shape index (κ3) is 4.21. The smallest absolute Gasteiger partial charge is 0.380 e. The lowest BCUT2D eigenvalue weighted by Crippen LogP contribution is -2.09. The highest BCUT2D eigenvalue weighted by Gasteiger charge is 2.31. The van der Waals surface area contributed by atoms with Gasteiger partial charge in [-0.15, -0.1) is 11.3 Å². The van der Waals surface area contributed by atoms with Crippen molar-refractivity contribution in [2.45, 2.75) is 12.7 Å². The number of anilines is 1. The van der Waals surface area contributed by atoms with E-state index in [-0.39, 0.29) is 0 Å². The Morgan fingerprint density at radius 2 is 2.00 bits per heavy atom. The van der Waals surface area contributed by atoms with Crippen molar-refractivity contribution in [2.24, 2.45) is 5.73 Å². The van der Waals surface area contributed by atoms with Gasteiger partial charge in [-0.3, -0.25) is 4.79 Å². The molecule has 2 rings (SSSR count). The van der Waals surface area contributed by atoms with Crippen LogP contribution in [0.5, 0.6) is 0 Å².